The van der Waals surface area contributed by atoms with Gasteiger partial charge in [-0.15, -0.1) is 0 Å². The third kappa shape index (κ3) is 10.0. The first-order chi connectivity index (χ1) is 22.6. The molecule has 0 saturated carbocycles. The van der Waals surface area contributed by atoms with Crippen LogP contribution in [0.2, 0.25) is 0 Å². The van der Waals surface area contributed by atoms with Crippen LogP contribution in [-0.4, -0.2) is 52.1 Å². The average Bonchev–Trinajstić information content (AvgIpc) is 3.02. The molecule has 0 heterocycles. The zero-order chi connectivity index (χ0) is 35.1. The van der Waals surface area contributed by atoms with Gasteiger partial charge in [0.25, 0.3) is 0 Å². The van der Waals surface area contributed by atoms with Crippen LogP contribution in [0, 0.1) is 5.92 Å². The van der Waals surface area contributed by atoms with Gasteiger partial charge in [0.15, 0.2) is 0 Å². The Balaban J connectivity index is 1.56. The number of nitrogens with one attached hydrogen (secondary N) is 2. The van der Waals surface area contributed by atoms with E-state index in [1.54, 1.807) is 32.9 Å². The quantitative estimate of drug-likeness (QED) is 0.152. The molecule has 0 unspecified atom stereocenters. The topological polar surface area (TPSA) is 114 Å². The summed E-state index contributed by atoms with van der Waals surface area (Å²) < 4.78 is 42.0. The molecular weight excluding hydrogens is 627 g/mol. The third-order valence-corrected chi connectivity index (χ3v) is 9.10. The van der Waals surface area contributed by atoms with Gasteiger partial charge in [0.2, 0.25) is 15.9 Å². The summed E-state index contributed by atoms with van der Waals surface area (Å²) in [6.45, 7) is 9.49. The number of benzene rings is 4. The highest BCUT2D eigenvalue weighted by Crippen LogP contribution is 2.30. The van der Waals surface area contributed by atoms with Gasteiger partial charge in [-0.1, -0.05) is 80.6 Å². The smallest absolute Gasteiger partial charge is 0.329 e. The Bertz CT molecular complexity index is 1800. The van der Waals surface area contributed by atoms with Crippen LogP contribution in [-0.2, 0) is 37.4 Å². The Morgan fingerprint density at radius 3 is 2.06 bits per heavy atom. The number of rotatable bonds is 14. The van der Waals surface area contributed by atoms with Crippen molar-refractivity contribution in [2.45, 2.75) is 76.6 Å². The van der Waals surface area contributed by atoms with E-state index in [1.165, 1.54) is 6.07 Å². The van der Waals surface area contributed by atoms with Crippen molar-refractivity contribution < 1.29 is 27.5 Å². The Labute approximate surface area is 284 Å². The summed E-state index contributed by atoms with van der Waals surface area (Å²) in [6, 6.07) is 25.5. The molecule has 4 aromatic rings. The summed E-state index contributed by atoms with van der Waals surface area (Å²) in [5.74, 6) is -0.588. The molecule has 0 bridgehead atoms. The van der Waals surface area contributed by atoms with E-state index in [0.717, 1.165) is 22.2 Å². The molecule has 0 aliphatic carbocycles. The van der Waals surface area contributed by atoms with Gasteiger partial charge >= 0.3 is 5.97 Å². The van der Waals surface area contributed by atoms with Crippen molar-refractivity contribution in [1.82, 2.24) is 10.0 Å². The van der Waals surface area contributed by atoms with Crippen molar-refractivity contribution in [3.63, 3.8) is 0 Å². The molecule has 4 rings (SSSR count). The molecule has 0 saturated heterocycles. The molecule has 0 radical (unpaired) electrons. The lowest BCUT2D eigenvalue weighted by molar-refractivity contribution is -0.158. The number of amides is 1. The number of fused-ring (bicyclic) bond motifs is 1. The minimum atomic E-state index is -4.15. The van der Waals surface area contributed by atoms with Crippen LogP contribution in [0.3, 0.4) is 0 Å². The van der Waals surface area contributed by atoms with E-state index in [-0.39, 0.29) is 23.7 Å². The molecule has 10 heteroatoms. The Morgan fingerprint density at radius 1 is 0.792 bits per heavy atom. The SMILES string of the molecule is CC(C)C[C@H](NS(=O)(=O)c1cccc2c(N(C)C)cccc12)C(=O)N[C@@H](Cc1ccc(OCc2ccccc2)cc1)C(=O)OC(C)(C)C. The predicted octanol–water partition coefficient (Wildman–Crippen LogP) is 6.25. The first-order valence-corrected chi connectivity index (χ1v) is 17.6. The lowest BCUT2D eigenvalue weighted by atomic mass is 10.0. The second-order valence-corrected chi connectivity index (χ2v) is 15.2. The second-order valence-electron chi connectivity index (χ2n) is 13.5. The molecule has 0 fully saturated rings. The molecule has 9 nitrogen and oxygen atoms in total. The molecule has 2 N–H and O–H groups in total. The number of hydrogen-bond donors (Lipinski definition) is 2. The summed E-state index contributed by atoms with van der Waals surface area (Å²) in [5, 5.41) is 4.13. The number of sulfonamides is 1. The number of ether oxygens (including phenoxy) is 2. The van der Waals surface area contributed by atoms with E-state index in [4.69, 9.17) is 9.47 Å². The van der Waals surface area contributed by atoms with Crippen LogP contribution in [0.4, 0.5) is 5.69 Å². The average molecular weight is 674 g/mol. The Kier molecular flexibility index (Phi) is 11.9. The first kappa shape index (κ1) is 36.4. The molecular formula is C38H47N3O6S. The van der Waals surface area contributed by atoms with Crippen molar-refractivity contribution in [3.05, 3.63) is 102 Å². The van der Waals surface area contributed by atoms with Crippen LogP contribution in [0.5, 0.6) is 5.75 Å². The molecule has 0 aromatic heterocycles. The maximum absolute atomic E-state index is 13.9. The summed E-state index contributed by atoms with van der Waals surface area (Å²) in [7, 11) is -0.362. The number of esters is 1. The van der Waals surface area contributed by atoms with Gasteiger partial charge in [-0.3, -0.25) is 4.79 Å². The Morgan fingerprint density at radius 2 is 1.44 bits per heavy atom. The van der Waals surface area contributed by atoms with E-state index in [2.05, 4.69) is 10.0 Å². The van der Waals surface area contributed by atoms with Crippen LogP contribution in [0.15, 0.2) is 95.9 Å². The zero-order valence-corrected chi connectivity index (χ0v) is 29.6. The maximum Gasteiger partial charge on any atom is 0.329 e. The normalized spacial score (nSPS) is 13.2. The number of anilines is 1. The standard InChI is InChI=1S/C38H47N3O6S/c1-26(2)23-32(40-48(44,45)35-18-12-15-30-31(35)16-11-17-34(30)41(6)7)36(42)39-33(37(43)47-38(3,4)5)24-27-19-21-29(22-20-27)46-25-28-13-9-8-10-14-28/h8-22,26,32-33,40H,23-25H2,1-7H3,(H,39,42)/t32-,33-/m0/s1. The maximum atomic E-state index is 13.9. The van der Waals surface area contributed by atoms with Crippen LogP contribution in [0.25, 0.3) is 10.8 Å². The summed E-state index contributed by atoms with van der Waals surface area (Å²) in [5.41, 5.74) is 1.89. The number of hydrogen-bond acceptors (Lipinski definition) is 7. The first-order valence-electron chi connectivity index (χ1n) is 16.1. The largest absolute Gasteiger partial charge is 0.489 e. The monoisotopic (exact) mass is 673 g/mol. The third-order valence-electron chi connectivity index (χ3n) is 7.57. The van der Waals surface area contributed by atoms with Crippen LogP contribution < -0.4 is 19.7 Å². The molecule has 1 amide bonds. The fraction of sp³-hybridized carbons (Fsp3) is 0.368. The minimum absolute atomic E-state index is 0.0280. The van der Waals surface area contributed by atoms with Crippen molar-refractivity contribution >= 4 is 38.4 Å². The summed E-state index contributed by atoms with van der Waals surface area (Å²) >= 11 is 0. The highest BCUT2D eigenvalue weighted by Gasteiger charge is 2.33. The summed E-state index contributed by atoms with van der Waals surface area (Å²) in [6.07, 6.45) is 0.352. The van der Waals surface area contributed by atoms with Gasteiger partial charge in [0.05, 0.1) is 4.90 Å². The highest BCUT2D eigenvalue weighted by molar-refractivity contribution is 7.89. The van der Waals surface area contributed by atoms with E-state index >= 15 is 0 Å². The van der Waals surface area contributed by atoms with Crippen LogP contribution in [0.1, 0.15) is 52.2 Å². The number of carbonyl (C=O) groups excluding carboxylic acids is 2. The second kappa shape index (κ2) is 15.7. The van der Waals surface area contributed by atoms with E-state index in [0.29, 0.717) is 17.7 Å². The number of carbonyl (C=O) groups is 2. The molecule has 0 aliphatic rings. The lowest BCUT2D eigenvalue weighted by Gasteiger charge is -2.27. The zero-order valence-electron chi connectivity index (χ0n) is 28.8. The van der Waals surface area contributed by atoms with Crippen molar-refractivity contribution in [3.8, 4) is 5.75 Å². The fourth-order valence-electron chi connectivity index (χ4n) is 5.36. The Hall–Kier alpha value is -4.41. The lowest BCUT2D eigenvalue weighted by Crippen LogP contribution is -2.53. The minimum Gasteiger partial charge on any atom is -0.489 e. The van der Waals surface area contributed by atoms with Gasteiger partial charge in [-0.2, -0.15) is 4.72 Å². The van der Waals surface area contributed by atoms with Gasteiger partial charge in [-0.25, -0.2) is 13.2 Å². The van der Waals surface area contributed by atoms with Crippen molar-refractivity contribution in [2.75, 3.05) is 19.0 Å². The molecule has 256 valence electrons. The van der Waals surface area contributed by atoms with Crippen molar-refractivity contribution in [2.24, 2.45) is 5.92 Å². The molecule has 0 spiro atoms. The molecule has 48 heavy (non-hydrogen) atoms. The van der Waals surface area contributed by atoms with E-state index in [9.17, 15) is 18.0 Å². The van der Waals surface area contributed by atoms with Crippen molar-refractivity contribution in [1.29, 1.82) is 0 Å². The van der Waals surface area contributed by atoms with Crippen LogP contribution >= 0.6 is 0 Å². The van der Waals surface area contributed by atoms with Gasteiger partial charge < -0.3 is 19.7 Å². The van der Waals surface area contributed by atoms with E-state index < -0.39 is 39.6 Å². The van der Waals surface area contributed by atoms with Gasteiger partial charge in [0.1, 0.15) is 30.0 Å². The fourth-order valence-corrected chi connectivity index (χ4v) is 6.79. The molecule has 2 atom stereocenters. The molecule has 0 aliphatic heterocycles. The predicted molar refractivity (Wildman–Crippen MR) is 191 cm³/mol. The highest BCUT2D eigenvalue weighted by atomic mass is 32.2. The van der Waals surface area contributed by atoms with Gasteiger partial charge in [-0.05, 0) is 68.5 Å². The van der Waals surface area contributed by atoms with Gasteiger partial charge in [0, 0.05) is 37.0 Å². The summed E-state index contributed by atoms with van der Waals surface area (Å²) in [4.78, 5) is 29.3. The number of nitrogens with zero attached hydrogens (tertiary/aromatic N) is 1. The van der Waals surface area contributed by atoms with E-state index in [1.807, 2.05) is 106 Å². The molecule has 4 aromatic carbocycles.